The Morgan fingerprint density at radius 1 is 0.893 bits per heavy atom. The van der Waals surface area contributed by atoms with Gasteiger partial charge in [-0.2, -0.15) is 0 Å². The molecule has 141 valence electrons. The van der Waals surface area contributed by atoms with Crippen molar-refractivity contribution in [2.24, 2.45) is 0 Å². The van der Waals surface area contributed by atoms with Gasteiger partial charge in [0.25, 0.3) is 0 Å². The molecular formula is C24H23Cl2SiZr. The maximum atomic E-state index is 4.93. The van der Waals surface area contributed by atoms with Crippen LogP contribution in [0.4, 0.5) is 0 Å². The molecule has 0 bridgehead atoms. The molecule has 0 fully saturated rings. The second-order valence-corrected chi connectivity index (χ2v) is 14.5. The number of hydrogen-bond acceptors (Lipinski definition) is 0. The first-order valence-corrected chi connectivity index (χ1v) is 18.5. The normalized spacial score (nSPS) is 24.2. The van der Waals surface area contributed by atoms with Crippen LogP contribution in [0.15, 0.2) is 66.7 Å². The van der Waals surface area contributed by atoms with Gasteiger partial charge >= 0.3 is 37.9 Å². The Labute approximate surface area is 188 Å². The molecule has 3 atom stereocenters. The fourth-order valence-corrected chi connectivity index (χ4v) is 7.69. The fourth-order valence-electron chi connectivity index (χ4n) is 5.48. The molecule has 2 aliphatic rings. The van der Waals surface area contributed by atoms with Gasteiger partial charge in [0.15, 0.2) is 0 Å². The van der Waals surface area contributed by atoms with Crippen LogP contribution in [0.3, 0.4) is 0 Å². The Morgan fingerprint density at radius 2 is 1.54 bits per heavy atom. The standard InChI is InChI=1S/C24H23Si.2ClH.Zr/c1-16-19-11-6-9-18-10-7-12-20(22(18)19)23(16)24(25(2)3)15-14-17-8-4-5-13-21(17)24;;;/h4-16,23H,1-3H3;2*1H;/q;;;+2/p-2. The molecule has 3 aromatic carbocycles. The van der Waals surface area contributed by atoms with Crippen LogP contribution in [0, 0.1) is 0 Å². The first kappa shape index (κ1) is 20.6. The van der Waals surface area contributed by atoms with Crippen molar-refractivity contribution in [3.63, 3.8) is 0 Å². The number of allylic oxidation sites excluding steroid dienone is 1. The van der Waals surface area contributed by atoms with E-state index in [1.165, 1.54) is 16.3 Å². The van der Waals surface area contributed by atoms with Gasteiger partial charge in [0.2, 0.25) is 0 Å². The van der Waals surface area contributed by atoms with E-state index < -0.39 is 29.6 Å². The van der Waals surface area contributed by atoms with Crippen LogP contribution in [0.5, 0.6) is 0 Å². The minimum atomic E-state index is -0.826. The molecule has 0 saturated carbocycles. The van der Waals surface area contributed by atoms with Gasteiger partial charge in [0.05, 0.1) is 8.80 Å². The first-order chi connectivity index (χ1) is 13.6. The second kappa shape index (κ2) is 8.23. The summed E-state index contributed by atoms with van der Waals surface area (Å²) >= 11 is -0.826. The molecule has 3 unspecified atom stereocenters. The van der Waals surface area contributed by atoms with Crippen LogP contribution >= 0.6 is 17.0 Å². The number of rotatable bonds is 2. The van der Waals surface area contributed by atoms with Gasteiger partial charge in [0.1, 0.15) is 0 Å². The molecule has 0 aromatic heterocycles. The summed E-state index contributed by atoms with van der Waals surface area (Å²) in [6, 6.07) is 22.8. The summed E-state index contributed by atoms with van der Waals surface area (Å²) in [6.45, 7) is 7.43. The molecule has 0 N–H and O–H groups in total. The van der Waals surface area contributed by atoms with Gasteiger partial charge in [0, 0.05) is 11.0 Å². The van der Waals surface area contributed by atoms with Crippen molar-refractivity contribution in [2.75, 3.05) is 0 Å². The molecule has 3 aromatic rings. The predicted molar refractivity (Wildman–Crippen MR) is 121 cm³/mol. The van der Waals surface area contributed by atoms with Crippen molar-refractivity contribution >= 4 is 42.7 Å². The zero-order chi connectivity index (χ0) is 19.9. The molecule has 0 aliphatic heterocycles. The summed E-state index contributed by atoms with van der Waals surface area (Å²) in [5.74, 6) is 1.09. The van der Waals surface area contributed by atoms with Gasteiger partial charge in [-0.1, -0.05) is 92.8 Å². The van der Waals surface area contributed by atoms with Crippen molar-refractivity contribution < 1.29 is 20.8 Å². The van der Waals surface area contributed by atoms with E-state index in [1.807, 2.05) is 0 Å². The summed E-state index contributed by atoms with van der Waals surface area (Å²) in [6.07, 6.45) is 4.93. The summed E-state index contributed by atoms with van der Waals surface area (Å²) in [4.78, 5) is 0. The Kier molecular flexibility index (Phi) is 6.05. The molecule has 0 amide bonds. The Bertz CT molecular complexity index is 1040. The summed E-state index contributed by atoms with van der Waals surface area (Å²) in [5, 5.41) is 3.09. The minimum absolute atomic E-state index is 0.175. The van der Waals surface area contributed by atoms with Gasteiger partial charge in [-0.15, -0.1) is 0 Å². The Morgan fingerprint density at radius 3 is 2.21 bits per heavy atom. The molecule has 0 saturated heterocycles. The second-order valence-electron chi connectivity index (χ2n) is 7.92. The zero-order valence-corrected chi connectivity index (χ0v) is 21.3. The number of halogens is 2. The molecule has 28 heavy (non-hydrogen) atoms. The molecule has 0 heterocycles. The van der Waals surface area contributed by atoms with Crippen molar-refractivity contribution in [3.05, 3.63) is 89.0 Å². The Balaban J connectivity index is 0.000000604. The summed E-state index contributed by atoms with van der Waals surface area (Å²) < 4.78 is 0. The summed E-state index contributed by atoms with van der Waals surface area (Å²) in [5.41, 5.74) is 6.08. The van der Waals surface area contributed by atoms with E-state index in [4.69, 9.17) is 17.0 Å². The number of fused-ring (bicyclic) bond motifs is 1. The molecule has 2 aliphatic carbocycles. The zero-order valence-electron chi connectivity index (χ0n) is 16.3. The van der Waals surface area contributed by atoms with E-state index in [0.717, 1.165) is 0 Å². The molecule has 5 rings (SSSR count). The van der Waals surface area contributed by atoms with Crippen molar-refractivity contribution in [2.45, 2.75) is 36.9 Å². The SMILES string of the molecule is CC1c2cccc3cccc(c23)C1C1([Si](C)C)C=Cc2ccccc21.[Cl][Zr][Cl]. The monoisotopic (exact) mass is 499 g/mol. The predicted octanol–water partition coefficient (Wildman–Crippen LogP) is 7.68. The van der Waals surface area contributed by atoms with E-state index in [2.05, 4.69) is 92.8 Å². The van der Waals surface area contributed by atoms with E-state index in [9.17, 15) is 0 Å². The van der Waals surface area contributed by atoms with Gasteiger partial charge in [-0.25, -0.2) is 0 Å². The average molecular weight is 502 g/mol. The first-order valence-electron chi connectivity index (χ1n) is 9.63. The number of hydrogen-bond donors (Lipinski definition) is 0. The van der Waals surface area contributed by atoms with Gasteiger partial charge < -0.3 is 0 Å². The topological polar surface area (TPSA) is 0 Å². The Hall–Kier alpha value is -0.660. The number of benzene rings is 3. The van der Waals surface area contributed by atoms with Crippen molar-refractivity contribution in [1.29, 1.82) is 0 Å². The van der Waals surface area contributed by atoms with E-state index >= 15 is 0 Å². The van der Waals surface area contributed by atoms with Crippen LogP contribution in [0.1, 0.15) is 41.0 Å². The van der Waals surface area contributed by atoms with Gasteiger partial charge in [-0.05, 0) is 38.9 Å². The van der Waals surface area contributed by atoms with Crippen LogP contribution in [-0.2, 0) is 25.9 Å². The fraction of sp³-hybridized carbons (Fsp3) is 0.250. The van der Waals surface area contributed by atoms with E-state index in [0.29, 0.717) is 11.8 Å². The van der Waals surface area contributed by atoms with E-state index in [-0.39, 0.29) is 5.04 Å². The third-order valence-electron chi connectivity index (χ3n) is 6.54. The van der Waals surface area contributed by atoms with Crippen molar-refractivity contribution in [3.8, 4) is 0 Å². The van der Waals surface area contributed by atoms with Crippen LogP contribution in [0.25, 0.3) is 16.8 Å². The summed E-state index contributed by atoms with van der Waals surface area (Å²) in [7, 11) is 9.27. The molecule has 0 nitrogen and oxygen atoms in total. The third-order valence-corrected chi connectivity index (χ3v) is 8.95. The molecule has 1 radical (unpaired) electrons. The third kappa shape index (κ3) is 3.03. The molecule has 0 spiro atoms. The maximum absolute atomic E-state index is 4.93. The van der Waals surface area contributed by atoms with Crippen molar-refractivity contribution in [1.82, 2.24) is 0 Å². The van der Waals surface area contributed by atoms with Crippen LogP contribution < -0.4 is 0 Å². The van der Waals surface area contributed by atoms with Gasteiger partial charge in [-0.3, -0.25) is 0 Å². The average Bonchev–Trinajstić information content (AvgIpc) is 3.21. The molecule has 4 heteroatoms. The van der Waals surface area contributed by atoms with Crippen LogP contribution in [0.2, 0.25) is 13.1 Å². The van der Waals surface area contributed by atoms with E-state index in [1.54, 1.807) is 16.7 Å². The quantitative estimate of drug-likeness (QED) is 0.316. The van der Waals surface area contributed by atoms with Crippen LogP contribution in [-0.4, -0.2) is 8.80 Å². The molecular weight excluding hydrogens is 478 g/mol.